The molecule has 0 radical (unpaired) electrons. The Kier molecular flexibility index (Phi) is 4.42. The Bertz CT molecular complexity index is 384. The molecule has 5 heteroatoms. The van der Waals surface area contributed by atoms with E-state index in [1.807, 2.05) is 19.1 Å². The number of ether oxygens (including phenoxy) is 1. The van der Waals surface area contributed by atoms with Gasteiger partial charge in [0, 0.05) is 0 Å². The number of hydrogen-bond acceptors (Lipinski definition) is 3. The maximum absolute atomic E-state index is 11.8. The molecule has 17 heavy (non-hydrogen) atoms. The Balaban J connectivity index is 2.57. The minimum absolute atomic E-state index is 0.543. The van der Waals surface area contributed by atoms with Crippen LogP contribution < -0.4 is 4.72 Å². The fraction of sp³-hybridized carbons (Fsp3) is 0.417. The molecule has 1 N–H and O–H groups in total. The summed E-state index contributed by atoms with van der Waals surface area (Å²) in [5.74, 6) is 0. The lowest BCUT2D eigenvalue weighted by molar-refractivity contribution is 0.0570. The standard InChI is InChI=1S/C12H17NO3S/c1-9-5-7-10(8-6-9)17(15)13-11(14)16-12(2,3)4/h5-8H,1-4H3,(H,13,14). The summed E-state index contributed by atoms with van der Waals surface area (Å²) in [6, 6.07) is 7.10. The van der Waals surface area contributed by atoms with Gasteiger partial charge >= 0.3 is 6.09 Å². The van der Waals surface area contributed by atoms with E-state index in [9.17, 15) is 9.35 Å². The van der Waals surface area contributed by atoms with Crippen LogP contribution in [0, 0.1) is 6.92 Å². The highest BCUT2D eigenvalue weighted by atomic mass is 32.2. The molecule has 1 aromatic carbocycles. The first-order valence-corrected chi connectivity index (χ1v) is 6.41. The number of aryl methyl sites for hydroxylation is 1. The molecule has 0 aliphatic carbocycles. The third-order valence-electron chi connectivity index (χ3n) is 1.81. The van der Waals surface area contributed by atoms with Crippen LogP contribution in [-0.4, -0.2) is 16.2 Å². The molecule has 0 spiro atoms. The molecule has 1 unspecified atom stereocenters. The SMILES string of the molecule is Cc1ccc([S+]([O-])NC(=O)OC(C)(C)C)cc1. The van der Waals surface area contributed by atoms with Gasteiger partial charge in [-0.1, -0.05) is 17.7 Å². The Morgan fingerprint density at radius 3 is 2.29 bits per heavy atom. The van der Waals surface area contributed by atoms with Gasteiger partial charge in [-0.2, -0.15) is 0 Å². The van der Waals surface area contributed by atoms with E-state index in [0.717, 1.165) is 5.56 Å². The summed E-state index contributed by atoms with van der Waals surface area (Å²) in [6.07, 6.45) is -0.684. The Labute approximate surface area is 105 Å². The van der Waals surface area contributed by atoms with Crippen molar-refractivity contribution in [3.63, 3.8) is 0 Å². The van der Waals surface area contributed by atoms with Gasteiger partial charge in [-0.05, 0) is 39.8 Å². The van der Waals surface area contributed by atoms with Crippen LogP contribution in [-0.2, 0) is 16.1 Å². The van der Waals surface area contributed by atoms with Crippen molar-refractivity contribution in [2.45, 2.75) is 38.2 Å². The molecule has 1 amide bonds. The molecule has 1 aromatic rings. The van der Waals surface area contributed by atoms with Crippen LogP contribution in [0.5, 0.6) is 0 Å². The number of carbonyl (C=O) groups is 1. The second-order valence-corrected chi connectivity index (χ2v) is 5.90. The van der Waals surface area contributed by atoms with E-state index in [4.69, 9.17) is 4.74 Å². The van der Waals surface area contributed by atoms with E-state index in [2.05, 4.69) is 4.72 Å². The predicted octanol–water partition coefficient (Wildman–Crippen LogP) is 2.54. The number of amides is 1. The van der Waals surface area contributed by atoms with Gasteiger partial charge in [-0.25, -0.2) is 4.79 Å². The van der Waals surface area contributed by atoms with E-state index < -0.39 is 23.1 Å². The van der Waals surface area contributed by atoms with Crippen LogP contribution >= 0.6 is 0 Å². The topological polar surface area (TPSA) is 61.4 Å². The Morgan fingerprint density at radius 1 is 1.29 bits per heavy atom. The lowest BCUT2D eigenvalue weighted by Gasteiger charge is -2.19. The molecule has 4 nitrogen and oxygen atoms in total. The summed E-state index contributed by atoms with van der Waals surface area (Å²) in [4.78, 5) is 11.9. The molecule has 1 rings (SSSR count). The molecule has 0 aromatic heterocycles. The van der Waals surface area contributed by atoms with E-state index >= 15 is 0 Å². The van der Waals surface area contributed by atoms with E-state index in [1.165, 1.54) is 0 Å². The van der Waals surface area contributed by atoms with E-state index in [0.29, 0.717) is 4.90 Å². The highest BCUT2D eigenvalue weighted by Gasteiger charge is 2.21. The van der Waals surface area contributed by atoms with Crippen molar-refractivity contribution in [1.82, 2.24) is 4.72 Å². The first kappa shape index (κ1) is 13.9. The molecule has 0 saturated carbocycles. The minimum Gasteiger partial charge on any atom is -0.588 e. The second kappa shape index (κ2) is 5.42. The van der Waals surface area contributed by atoms with Gasteiger partial charge in [-0.15, -0.1) is 4.72 Å². The van der Waals surface area contributed by atoms with Gasteiger partial charge in [0.25, 0.3) is 0 Å². The minimum atomic E-state index is -1.58. The molecule has 1 atom stereocenters. The second-order valence-electron chi connectivity index (χ2n) is 4.69. The van der Waals surface area contributed by atoms with Gasteiger partial charge in [0.05, 0.1) is 0 Å². The first-order chi connectivity index (χ1) is 7.78. The molecule has 0 aliphatic rings. The van der Waals surface area contributed by atoms with E-state index in [-0.39, 0.29) is 0 Å². The summed E-state index contributed by atoms with van der Waals surface area (Å²) >= 11 is -1.58. The van der Waals surface area contributed by atoms with Crippen molar-refractivity contribution in [3.8, 4) is 0 Å². The van der Waals surface area contributed by atoms with Crippen molar-refractivity contribution < 1.29 is 14.1 Å². The molecular formula is C12H17NO3S. The van der Waals surface area contributed by atoms with Crippen molar-refractivity contribution >= 4 is 17.5 Å². The zero-order chi connectivity index (χ0) is 13.1. The number of nitrogens with one attached hydrogen (secondary N) is 1. The van der Waals surface area contributed by atoms with Crippen LogP contribution in [0.15, 0.2) is 29.2 Å². The Hall–Kier alpha value is -1.20. The average Bonchev–Trinajstić information content (AvgIpc) is 2.15. The van der Waals surface area contributed by atoms with Crippen molar-refractivity contribution in [2.24, 2.45) is 0 Å². The third-order valence-corrected chi connectivity index (χ3v) is 2.86. The summed E-state index contributed by atoms with van der Waals surface area (Å²) in [7, 11) is 0. The predicted molar refractivity (Wildman–Crippen MR) is 67.0 cm³/mol. The van der Waals surface area contributed by atoms with Crippen LogP contribution in [0.3, 0.4) is 0 Å². The molecule has 0 fully saturated rings. The summed E-state index contributed by atoms with van der Waals surface area (Å²) in [6.45, 7) is 7.19. The highest BCUT2D eigenvalue weighted by molar-refractivity contribution is 7.90. The fourth-order valence-electron chi connectivity index (χ4n) is 1.10. The van der Waals surface area contributed by atoms with Gasteiger partial charge in [0.2, 0.25) is 0 Å². The molecule has 0 heterocycles. The summed E-state index contributed by atoms with van der Waals surface area (Å²) in [5.41, 5.74) is 0.477. The van der Waals surface area contributed by atoms with Gasteiger partial charge < -0.3 is 9.29 Å². The molecule has 0 bridgehead atoms. The molecule has 0 saturated heterocycles. The summed E-state index contributed by atoms with van der Waals surface area (Å²) < 4.78 is 19.0. The maximum atomic E-state index is 11.8. The van der Waals surface area contributed by atoms with E-state index in [1.54, 1.807) is 32.9 Å². The largest absolute Gasteiger partial charge is 0.588 e. The maximum Gasteiger partial charge on any atom is 0.449 e. The average molecular weight is 255 g/mol. The van der Waals surface area contributed by atoms with Crippen LogP contribution in [0.1, 0.15) is 26.3 Å². The quantitative estimate of drug-likeness (QED) is 0.826. The van der Waals surface area contributed by atoms with Crippen molar-refractivity contribution in [2.75, 3.05) is 0 Å². The van der Waals surface area contributed by atoms with Crippen LogP contribution in [0.2, 0.25) is 0 Å². The lowest BCUT2D eigenvalue weighted by Crippen LogP contribution is -2.36. The smallest absolute Gasteiger partial charge is 0.449 e. The lowest BCUT2D eigenvalue weighted by atomic mass is 10.2. The van der Waals surface area contributed by atoms with Crippen LogP contribution in [0.25, 0.3) is 0 Å². The number of hydrogen-bond donors (Lipinski definition) is 1. The van der Waals surface area contributed by atoms with Gasteiger partial charge in [0.15, 0.2) is 4.90 Å². The first-order valence-electron chi connectivity index (χ1n) is 5.26. The van der Waals surface area contributed by atoms with Gasteiger partial charge in [0.1, 0.15) is 17.0 Å². The fourth-order valence-corrected chi connectivity index (χ4v) is 1.79. The number of benzene rings is 1. The Morgan fingerprint density at radius 2 is 1.82 bits per heavy atom. The molecule has 0 aliphatic heterocycles. The number of carbonyl (C=O) groups excluding carboxylic acids is 1. The zero-order valence-electron chi connectivity index (χ0n) is 10.4. The van der Waals surface area contributed by atoms with Gasteiger partial charge in [-0.3, -0.25) is 0 Å². The number of rotatable bonds is 2. The summed E-state index contributed by atoms with van der Waals surface area (Å²) in [5, 5.41) is 0. The normalized spacial score (nSPS) is 13.0. The zero-order valence-corrected chi connectivity index (χ0v) is 11.3. The van der Waals surface area contributed by atoms with Crippen molar-refractivity contribution in [3.05, 3.63) is 29.8 Å². The monoisotopic (exact) mass is 255 g/mol. The highest BCUT2D eigenvalue weighted by Crippen LogP contribution is 2.11. The van der Waals surface area contributed by atoms with Crippen LogP contribution in [0.4, 0.5) is 4.79 Å². The molecule has 94 valence electrons. The molecular weight excluding hydrogens is 238 g/mol. The van der Waals surface area contributed by atoms with Crippen molar-refractivity contribution in [1.29, 1.82) is 0 Å². The third kappa shape index (κ3) is 5.10.